The van der Waals surface area contributed by atoms with Crippen LogP contribution >= 0.6 is 0 Å². The predicted octanol–water partition coefficient (Wildman–Crippen LogP) is 5.32. The maximum atomic E-state index is 12.9. The van der Waals surface area contributed by atoms with Crippen molar-refractivity contribution in [1.82, 2.24) is 4.57 Å². The first-order valence-corrected chi connectivity index (χ1v) is 11.2. The van der Waals surface area contributed by atoms with Gasteiger partial charge in [-0.05, 0) is 29.5 Å². The third-order valence-electron chi connectivity index (χ3n) is 6.47. The fourth-order valence-corrected chi connectivity index (χ4v) is 5.20. The van der Waals surface area contributed by atoms with E-state index in [2.05, 4.69) is 28.8 Å². The molecule has 2 aliphatic rings. The van der Waals surface area contributed by atoms with Crippen LogP contribution in [-0.4, -0.2) is 22.3 Å². The second-order valence-corrected chi connectivity index (χ2v) is 9.08. The fourth-order valence-electron chi connectivity index (χ4n) is 5.20. The molecule has 1 saturated heterocycles. The number of carbonyl (C=O) groups is 2. The molecule has 32 heavy (non-hydrogen) atoms. The zero-order valence-corrected chi connectivity index (χ0v) is 18.6. The summed E-state index contributed by atoms with van der Waals surface area (Å²) in [6, 6.07) is 20.6. The van der Waals surface area contributed by atoms with Crippen LogP contribution in [0.25, 0.3) is 22.4 Å². The number of rotatable bonds is 4. The van der Waals surface area contributed by atoms with Crippen molar-refractivity contribution in [3.63, 3.8) is 0 Å². The van der Waals surface area contributed by atoms with Crippen molar-refractivity contribution in [2.24, 2.45) is 5.92 Å². The van der Waals surface area contributed by atoms with E-state index in [1.807, 2.05) is 43.3 Å². The van der Waals surface area contributed by atoms with E-state index >= 15 is 0 Å². The third kappa shape index (κ3) is 3.32. The first-order valence-electron chi connectivity index (χ1n) is 11.2. The van der Waals surface area contributed by atoms with Crippen molar-refractivity contribution in [1.29, 1.82) is 0 Å². The quantitative estimate of drug-likeness (QED) is 0.416. The second-order valence-electron chi connectivity index (χ2n) is 9.08. The Kier molecular flexibility index (Phi) is 4.92. The molecule has 1 fully saturated rings. The van der Waals surface area contributed by atoms with Gasteiger partial charge in [-0.25, -0.2) is 0 Å². The van der Waals surface area contributed by atoms with Gasteiger partial charge in [-0.3, -0.25) is 9.59 Å². The molecular formula is C27H27NO4. The van der Waals surface area contributed by atoms with Gasteiger partial charge in [0.15, 0.2) is 5.92 Å². The van der Waals surface area contributed by atoms with E-state index in [9.17, 15) is 9.59 Å². The minimum Gasteiger partial charge on any atom is -0.422 e. The monoisotopic (exact) mass is 429 g/mol. The smallest absolute Gasteiger partial charge is 0.324 e. The SMILES string of the molecule is CC(c1c(-c2ccccc2)c(-c2ccccc2)n2c1CCC2)C1C(=O)OC(C)(C)OC1=O. The number of ether oxygens (including phenoxy) is 2. The number of benzene rings is 2. The summed E-state index contributed by atoms with van der Waals surface area (Å²) in [5, 5.41) is 0. The van der Waals surface area contributed by atoms with Gasteiger partial charge in [0.2, 0.25) is 0 Å². The molecule has 3 heterocycles. The summed E-state index contributed by atoms with van der Waals surface area (Å²) in [5.41, 5.74) is 6.68. The third-order valence-corrected chi connectivity index (χ3v) is 6.47. The normalized spacial score (nSPS) is 18.7. The molecule has 3 aromatic rings. The summed E-state index contributed by atoms with van der Waals surface area (Å²) < 4.78 is 13.3. The molecule has 0 saturated carbocycles. The van der Waals surface area contributed by atoms with Crippen molar-refractivity contribution < 1.29 is 19.1 Å². The Labute approximate surface area is 188 Å². The molecule has 2 aromatic carbocycles. The van der Waals surface area contributed by atoms with Gasteiger partial charge in [0.25, 0.3) is 5.79 Å². The highest BCUT2D eigenvalue weighted by molar-refractivity contribution is 5.98. The Morgan fingerprint density at radius 2 is 1.47 bits per heavy atom. The van der Waals surface area contributed by atoms with Crippen LogP contribution < -0.4 is 0 Å². The molecule has 0 amide bonds. The molecule has 0 aliphatic carbocycles. The van der Waals surface area contributed by atoms with Crippen LogP contribution in [0.15, 0.2) is 60.7 Å². The van der Waals surface area contributed by atoms with Crippen molar-refractivity contribution >= 4 is 11.9 Å². The number of nitrogens with zero attached hydrogens (tertiary/aromatic N) is 1. The van der Waals surface area contributed by atoms with Crippen LogP contribution in [0.2, 0.25) is 0 Å². The molecule has 5 rings (SSSR count). The van der Waals surface area contributed by atoms with E-state index in [1.54, 1.807) is 13.8 Å². The van der Waals surface area contributed by atoms with E-state index in [1.165, 1.54) is 5.69 Å². The lowest BCUT2D eigenvalue weighted by molar-refractivity contribution is -0.240. The van der Waals surface area contributed by atoms with E-state index in [0.29, 0.717) is 0 Å². The number of cyclic esters (lactones) is 2. The average molecular weight is 430 g/mol. The molecular weight excluding hydrogens is 402 g/mol. The number of fused-ring (bicyclic) bond motifs is 1. The summed E-state index contributed by atoms with van der Waals surface area (Å²) >= 11 is 0. The lowest BCUT2D eigenvalue weighted by Gasteiger charge is -2.35. The fraction of sp³-hybridized carbons (Fsp3) is 0.333. The number of hydrogen-bond acceptors (Lipinski definition) is 4. The van der Waals surface area contributed by atoms with Crippen molar-refractivity contribution in [2.45, 2.75) is 51.9 Å². The first-order chi connectivity index (χ1) is 15.4. The molecule has 0 bridgehead atoms. The molecule has 1 unspecified atom stereocenters. The Balaban J connectivity index is 1.73. The first kappa shape index (κ1) is 20.6. The van der Waals surface area contributed by atoms with Crippen LogP contribution in [0, 0.1) is 5.92 Å². The molecule has 1 aromatic heterocycles. The van der Waals surface area contributed by atoms with Crippen molar-refractivity contribution in [2.75, 3.05) is 0 Å². The van der Waals surface area contributed by atoms with Crippen LogP contribution in [0.4, 0.5) is 0 Å². The maximum absolute atomic E-state index is 12.9. The lowest BCUT2D eigenvalue weighted by Crippen LogP contribution is -2.48. The van der Waals surface area contributed by atoms with Crippen LogP contribution in [-0.2, 0) is 32.0 Å². The largest absolute Gasteiger partial charge is 0.422 e. The Hall–Kier alpha value is -3.34. The molecule has 2 aliphatic heterocycles. The molecule has 5 heteroatoms. The highest BCUT2D eigenvalue weighted by Gasteiger charge is 2.48. The molecule has 0 N–H and O–H groups in total. The second kappa shape index (κ2) is 7.66. The predicted molar refractivity (Wildman–Crippen MR) is 122 cm³/mol. The molecule has 164 valence electrons. The molecule has 1 atom stereocenters. The van der Waals surface area contributed by atoms with Gasteiger partial charge in [0.05, 0.1) is 5.69 Å². The lowest BCUT2D eigenvalue weighted by atomic mass is 9.81. The number of esters is 2. The van der Waals surface area contributed by atoms with Gasteiger partial charge in [-0.15, -0.1) is 0 Å². The Morgan fingerprint density at radius 1 is 0.906 bits per heavy atom. The average Bonchev–Trinajstić information content (AvgIpc) is 3.33. The van der Waals surface area contributed by atoms with Crippen LogP contribution in [0.1, 0.15) is 44.4 Å². The van der Waals surface area contributed by atoms with E-state index in [0.717, 1.165) is 47.3 Å². The minimum absolute atomic E-state index is 0.377. The van der Waals surface area contributed by atoms with Gasteiger partial charge < -0.3 is 14.0 Å². The van der Waals surface area contributed by atoms with Gasteiger partial charge in [-0.2, -0.15) is 0 Å². The maximum Gasteiger partial charge on any atom is 0.324 e. The summed E-state index contributed by atoms with van der Waals surface area (Å²) in [5.74, 6) is -3.63. The van der Waals surface area contributed by atoms with Crippen molar-refractivity contribution in [3.8, 4) is 22.4 Å². The van der Waals surface area contributed by atoms with Crippen molar-refractivity contribution in [3.05, 3.63) is 71.9 Å². The van der Waals surface area contributed by atoms with Crippen LogP contribution in [0.3, 0.4) is 0 Å². The molecule has 0 radical (unpaired) electrons. The molecule has 5 nitrogen and oxygen atoms in total. The van der Waals surface area contributed by atoms with E-state index in [4.69, 9.17) is 9.47 Å². The Morgan fingerprint density at radius 3 is 2.06 bits per heavy atom. The van der Waals surface area contributed by atoms with E-state index < -0.39 is 23.6 Å². The number of hydrogen-bond donors (Lipinski definition) is 0. The standard InChI is InChI=1S/C27H27NO4/c1-17(22-25(29)31-27(2,3)32-26(22)30)21-20-15-10-16-28(20)24(19-13-8-5-9-14-19)23(21)18-11-6-4-7-12-18/h4-9,11-14,17,22H,10,15-16H2,1-3H3. The zero-order chi connectivity index (χ0) is 22.5. The minimum atomic E-state index is -1.23. The van der Waals surface area contributed by atoms with Gasteiger partial charge >= 0.3 is 11.9 Å². The highest BCUT2D eigenvalue weighted by atomic mass is 16.7. The summed E-state index contributed by atoms with van der Waals surface area (Å²) in [6.07, 6.45) is 1.95. The van der Waals surface area contributed by atoms with Crippen LogP contribution in [0.5, 0.6) is 0 Å². The summed E-state index contributed by atoms with van der Waals surface area (Å²) in [6.45, 7) is 6.03. The van der Waals surface area contributed by atoms with Gasteiger partial charge in [-0.1, -0.05) is 67.6 Å². The molecule has 0 spiro atoms. The van der Waals surface area contributed by atoms with Gasteiger partial charge in [0.1, 0.15) is 0 Å². The summed E-state index contributed by atoms with van der Waals surface area (Å²) in [4.78, 5) is 25.9. The number of aromatic nitrogens is 1. The summed E-state index contributed by atoms with van der Waals surface area (Å²) in [7, 11) is 0. The highest BCUT2D eigenvalue weighted by Crippen LogP contribution is 2.47. The van der Waals surface area contributed by atoms with E-state index in [-0.39, 0.29) is 5.92 Å². The topological polar surface area (TPSA) is 57.5 Å². The number of carbonyl (C=O) groups excluding carboxylic acids is 2. The Bertz CT molecular complexity index is 1160. The zero-order valence-electron chi connectivity index (χ0n) is 18.6. The van der Waals surface area contributed by atoms with Gasteiger partial charge in [0, 0.05) is 37.6 Å².